The first-order valence-electron chi connectivity index (χ1n) is 6.19. The number of aromatic nitrogens is 1. The quantitative estimate of drug-likeness (QED) is 0.806. The maximum Gasteiger partial charge on any atom is 0.126 e. The number of anilines is 1. The van der Waals surface area contributed by atoms with E-state index in [1.54, 1.807) is 6.20 Å². The number of nitrogens with zero attached hydrogens (tertiary/aromatic N) is 1. The van der Waals surface area contributed by atoms with Crippen molar-refractivity contribution in [3.8, 4) is 0 Å². The van der Waals surface area contributed by atoms with E-state index in [4.69, 9.17) is 18.0 Å². The van der Waals surface area contributed by atoms with Crippen LogP contribution in [0.4, 0.5) is 5.82 Å². The summed E-state index contributed by atoms with van der Waals surface area (Å²) in [5, 5.41) is 3.45. The fourth-order valence-electron chi connectivity index (χ4n) is 2.43. The molecule has 1 aliphatic rings. The lowest BCUT2D eigenvalue weighted by molar-refractivity contribution is 0.481. The van der Waals surface area contributed by atoms with E-state index in [9.17, 15) is 0 Å². The number of nitrogens with two attached hydrogens (primary N) is 1. The summed E-state index contributed by atoms with van der Waals surface area (Å²) < 4.78 is 0. The lowest BCUT2D eigenvalue weighted by atomic mass is 10.00. The normalized spacial score (nSPS) is 17.9. The maximum absolute atomic E-state index is 5.54. The van der Waals surface area contributed by atoms with E-state index in [0.29, 0.717) is 11.0 Å². The Morgan fingerprint density at radius 3 is 2.71 bits per heavy atom. The van der Waals surface area contributed by atoms with Gasteiger partial charge in [-0.1, -0.05) is 25.1 Å². The van der Waals surface area contributed by atoms with Crippen molar-refractivity contribution in [3.63, 3.8) is 0 Å². The van der Waals surface area contributed by atoms with Crippen molar-refractivity contribution in [2.24, 2.45) is 11.7 Å². The maximum atomic E-state index is 5.54. The Hall–Kier alpha value is -1.16. The Bertz CT molecular complexity index is 382. The van der Waals surface area contributed by atoms with E-state index in [1.807, 2.05) is 12.1 Å². The third-order valence-corrected chi connectivity index (χ3v) is 3.77. The lowest BCUT2D eigenvalue weighted by Crippen LogP contribution is -2.24. The van der Waals surface area contributed by atoms with E-state index in [-0.39, 0.29) is 0 Å². The smallest absolute Gasteiger partial charge is 0.126 e. The number of pyridine rings is 1. The Labute approximate surface area is 108 Å². The minimum Gasteiger partial charge on any atom is -0.389 e. The molecule has 4 heteroatoms. The lowest BCUT2D eigenvalue weighted by Gasteiger charge is -2.20. The van der Waals surface area contributed by atoms with Crippen LogP contribution in [0.15, 0.2) is 18.3 Å². The third kappa shape index (κ3) is 3.16. The Kier molecular flexibility index (Phi) is 3.94. The first kappa shape index (κ1) is 12.3. The van der Waals surface area contributed by atoms with Gasteiger partial charge in [0, 0.05) is 17.8 Å². The van der Waals surface area contributed by atoms with Crippen LogP contribution >= 0.6 is 12.2 Å². The topological polar surface area (TPSA) is 50.9 Å². The number of rotatable bonds is 4. The van der Waals surface area contributed by atoms with Gasteiger partial charge in [-0.05, 0) is 37.8 Å². The predicted molar refractivity (Wildman–Crippen MR) is 75.2 cm³/mol. The molecule has 1 aliphatic carbocycles. The van der Waals surface area contributed by atoms with Crippen LogP contribution in [0.25, 0.3) is 0 Å². The SMILES string of the molecule is CC(Nc1ccc(C(N)=S)cn1)C1CCCC1. The molecule has 1 fully saturated rings. The first-order valence-corrected chi connectivity index (χ1v) is 6.60. The second-order valence-electron chi connectivity index (χ2n) is 4.77. The fraction of sp³-hybridized carbons (Fsp3) is 0.538. The Morgan fingerprint density at radius 2 is 2.18 bits per heavy atom. The third-order valence-electron chi connectivity index (χ3n) is 3.53. The van der Waals surface area contributed by atoms with Gasteiger partial charge in [0.25, 0.3) is 0 Å². The molecule has 0 radical (unpaired) electrons. The van der Waals surface area contributed by atoms with Crippen LogP contribution in [0.2, 0.25) is 0 Å². The van der Waals surface area contributed by atoms with Crippen LogP contribution in [-0.4, -0.2) is 16.0 Å². The van der Waals surface area contributed by atoms with Gasteiger partial charge in [-0.25, -0.2) is 4.98 Å². The van der Waals surface area contributed by atoms with Gasteiger partial charge < -0.3 is 11.1 Å². The van der Waals surface area contributed by atoms with Crippen LogP contribution in [0.5, 0.6) is 0 Å². The summed E-state index contributed by atoms with van der Waals surface area (Å²) in [5.74, 6) is 1.69. The second-order valence-corrected chi connectivity index (χ2v) is 5.21. The molecule has 1 saturated carbocycles. The summed E-state index contributed by atoms with van der Waals surface area (Å²) in [7, 11) is 0. The Morgan fingerprint density at radius 1 is 1.47 bits per heavy atom. The predicted octanol–water partition coefficient (Wildman–Crippen LogP) is 2.71. The molecule has 0 saturated heterocycles. The molecule has 17 heavy (non-hydrogen) atoms. The summed E-state index contributed by atoms with van der Waals surface area (Å²) >= 11 is 4.90. The van der Waals surface area contributed by atoms with Gasteiger partial charge in [0.05, 0.1) is 0 Å². The van der Waals surface area contributed by atoms with Crippen molar-refractivity contribution < 1.29 is 0 Å². The van der Waals surface area contributed by atoms with Crippen molar-refractivity contribution in [2.45, 2.75) is 38.6 Å². The molecular formula is C13H19N3S. The van der Waals surface area contributed by atoms with Gasteiger partial charge in [0.1, 0.15) is 10.8 Å². The molecule has 92 valence electrons. The highest BCUT2D eigenvalue weighted by atomic mass is 32.1. The Balaban J connectivity index is 1.96. The first-order chi connectivity index (χ1) is 8.16. The van der Waals surface area contributed by atoms with E-state index in [0.717, 1.165) is 17.3 Å². The van der Waals surface area contributed by atoms with Crippen LogP contribution in [0.1, 0.15) is 38.2 Å². The van der Waals surface area contributed by atoms with Crippen LogP contribution in [0.3, 0.4) is 0 Å². The van der Waals surface area contributed by atoms with Crippen LogP contribution in [-0.2, 0) is 0 Å². The van der Waals surface area contributed by atoms with E-state index >= 15 is 0 Å². The van der Waals surface area contributed by atoms with Crippen molar-refractivity contribution >= 4 is 23.0 Å². The zero-order valence-corrected chi connectivity index (χ0v) is 11.0. The van der Waals surface area contributed by atoms with Gasteiger partial charge >= 0.3 is 0 Å². The van der Waals surface area contributed by atoms with Crippen molar-refractivity contribution in [1.82, 2.24) is 4.98 Å². The molecule has 0 aromatic carbocycles. The standard InChI is InChI=1S/C13H19N3S/c1-9(10-4-2-3-5-10)16-12-7-6-11(8-15-12)13(14)17/h6-10H,2-5H2,1H3,(H2,14,17)(H,15,16). The number of thiocarbonyl (C=S) groups is 1. The van der Waals surface area contributed by atoms with Crippen molar-refractivity contribution in [2.75, 3.05) is 5.32 Å². The van der Waals surface area contributed by atoms with Crippen LogP contribution < -0.4 is 11.1 Å². The highest BCUT2D eigenvalue weighted by Gasteiger charge is 2.21. The number of nitrogens with one attached hydrogen (secondary N) is 1. The summed E-state index contributed by atoms with van der Waals surface area (Å²) in [4.78, 5) is 4.73. The summed E-state index contributed by atoms with van der Waals surface area (Å²) in [5.41, 5.74) is 6.35. The van der Waals surface area contributed by atoms with Gasteiger partial charge in [0.15, 0.2) is 0 Å². The zero-order chi connectivity index (χ0) is 12.3. The molecule has 1 aromatic heterocycles. The molecular weight excluding hydrogens is 230 g/mol. The molecule has 0 spiro atoms. The van der Waals surface area contributed by atoms with Crippen LogP contribution in [0, 0.1) is 5.92 Å². The zero-order valence-electron chi connectivity index (χ0n) is 10.1. The number of hydrogen-bond donors (Lipinski definition) is 2. The highest BCUT2D eigenvalue weighted by Crippen LogP contribution is 2.28. The average Bonchev–Trinajstić information content (AvgIpc) is 2.83. The second kappa shape index (κ2) is 5.45. The molecule has 0 amide bonds. The molecule has 1 unspecified atom stereocenters. The monoisotopic (exact) mass is 249 g/mol. The molecule has 3 N–H and O–H groups in total. The molecule has 0 bridgehead atoms. The molecule has 1 atom stereocenters. The summed E-state index contributed by atoms with van der Waals surface area (Å²) in [6.07, 6.45) is 7.12. The van der Waals surface area contributed by atoms with Gasteiger partial charge in [-0.3, -0.25) is 0 Å². The summed E-state index contributed by atoms with van der Waals surface area (Å²) in [6, 6.07) is 4.35. The highest BCUT2D eigenvalue weighted by molar-refractivity contribution is 7.80. The van der Waals surface area contributed by atoms with Crippen molar-refractivity contribution in [3.05, 3.63) is 23.9 Å². The average molecular weight is 249 g/mol. The molecule has 0 aliphatic heterocycles. The summed E-state index contributed by atoms with van der Waals surface area (Å²) in [6.45, 7) is 2.24. The van der Waals surface area contributed by atoms with E-state index < -0.39 is 0 Å². The largest absolute Gasteiger partial charge is 0.389 e. The van der Waals surface area contributed by atoms with E-state index in [1.165, 1.54) is 25.7 Å². The molecule has 2 rings (SSSR count). The van der Waals surface area contributed by atoms with Crippen molar-refractivity contribution in [1.29, 1.82) is 0 Å². The number of hydrogen-bond acceptors (Lipinski definition) is 3. The van der Waals surface area contributed by atoms with E-state index in [2.05, 4.69) is 17.2 Å². The molecule has 3 nitrogen and oxygen atoms in total. The minimum absolute atomic E-state index is 0.396. The van der Waals surface area contributed by atoms with Gasteiger partial charge in [0.2, 0.25) is 0 Å². The molecule has 1 heterocycles. The molecule has 1 aromatic rings. The fourth-order valence-corrected chi connectivity index (χ4v) is 2.55. The van der Waals surface area contributed by atoms with Gasteiger partial charge in [-0.2, -0.15) is 0 Å². The van der Waals surface area contributed by atoms with Gasteiger partial charge in [-0.15, -0.1) is 0 Å². The minimum atomic E-state index is 0.396.